The number of hydrogen-bond donors (Lipinski definition) is 2. The van der Waals surface area contributed by atoms with E-state index in [0.717, 1.165) is 0 Å². The van der Waals surface area contributed by atoms with Crippen LogP contribution in [0, 0.1) is 17.1 Å². The summed E-state index contributed by atoms with van der Waals surface area (Å²) >= 11 is 0. The lowest BCUT2D eigenvalue weighted by atomic mass is 10.1. The zero-order valence-corrected chi connectivity index (χ0v) is 10.2. The molecule has 0 saturated heterocycles. The molecule has 2 rings (SSSR count). The van der Waals surface area contributed by atoms with E-state index in [9.17, 15) is 19.1 Å². The number of rotatable bonds is 2. The van der Waals surface area contributed by atoms with E-state index in [-0.39, 0.29) is 17.0 Å². The van der Waals surface area contributed by atoms with Crippen molar-refractivity contribution >= 4 is 0 Å². The Hall–Kier alpha value is -3.08. The summed E-state index contributed by atoms with van der Waals surface area (Å²) in [5.41, 5.74) is -2.63. The van der Waals surface area contributed by atoms with E-state index in [1.165, 1.54) is 25.3 Å². The van der Waals surface area contributed by atoms with Gasteiger partial charge in [-0.25, -0.2) is 9.36 Å². The first-order valence-corrected chi connectivity index (χ1v) is 5.32. The van der Waals surface area contributed by atoms with Crippen molar-refractivity contribution in [3.63, 3.8) is 0 Å². The molecule has 2 N–H and O–H groups in total. The van der Waals surface area contributed by atoms with Crippen LogP contribution in [0.15, 0.2) is 27.8 Å². The number of H-pyrrole nitrogens is 1. The van der Waals surface area contributed by atoms with Gasteiger partial charge in [0.25, 0.3) is 5.56 Å². The second-order valence-electron chi connectivity index (χ2n) is 3.70. The van der Waals surface area contributed by atoms with E-state index in [0.29, 0.717) is 4.57 Å². The molecule has 0 fully saturated rings. The average Bonchev–Trinajstić information content (AvgIpc) is 2.45. The van der Waals surface area contributed by atoms with Gasteiger partial charge in [-0.3, -0.25) is 9.78 Å². The first kappa shape index (κ1) is 13.4. The first-order chi connectivity index (χ1) is 9.51. The largest absolute Gasteiger partial charge is 0.495 e. The van der Waals surface area contributed by atoms with Gasteiger partial charge < -0.3 is 9.84 Å². The van der Waals surface area contributed by atoms with Crippen LogP contribution in [-0.2, 0) is 0 Å². The predicted molar refractivity (Wildman–Crippen MR) is 65.5 cm³/mol. The van der Waals surface area contributed by atoms with Crippen LogP contribution < -0.4 is 16.0 Å². The molecule has 0 saturated carbocycles. The van der Waals surface area contributed by atoms with Crippen molar-refractivity contribution < 1.29 is 14.2 Å². The molecule has 7 nitrogen and oxygen atoms in total. The number of halogens is 1. The molecule has 0 aliphatic rings. The van der Waals surface area contributed by atoms with Crippen LogP contribution in [0.1, 0.15) is 5.56 Å². The van der Waals surface area contributed by atoms with Crippen molar-refractivity contribution in [3.8, 4) is 23.4 Å². The van der Waals surface area contributed by atoms with E-state index >= 15 is 0 Å². The van der Waals surface area contributed by atoms with Gasteiger partial charge in [0.05, 0.1) is 12.7 Å². The van der Waals surface area contributed by atoms with E-state index in [2.05, 4.69) is 0 Å². The lowest BCUT2D eigenvalue weighted by Gasteiger charge is -2.13. The zero-order valence-electron chi connectivity index (χ0n) is 10.2. The zero-order chi connectivity index (χ0) is 14.9. The number of benzene rings is 1. The lowest BCUT2D eigenvalue weighted by Crippen LogP contribution is -2.31. The Balaban J connectivity index is 2.97. The molecule has 1 aromatic carbocycles. The Morgan fingerprint density at radius 1 is 1.45 bits per heavy atom. The molecule has 8 heteroatoms. The molecule has 0 aliphatic heterocycles. The highest BCUT2D eigenvalue weighted by molar-refractivity contribution is 5.59. The number of ether oxygens (including phenoxy) is 1. The number of nitriles is 1. The molecule has 1 heterocycles. The van der Waals surface area contributed by atoms with Crippen LogP contribution in [-0.4, -0.2) is 21.8 Å². The van der Waals surface area contributed by atoms with Crippen molar-refractivity contribution in [2.24, 2.45) is 0 Å². The second-order valence-corrected chi connectivity index (χ2v) is 3.70. The Labute approximate surface area is 111 Å². The van der Waals surface area contributed by atoms with Gasteiger partial charge in [-0.1, -0.05) is 6.07 Å². The molecule has 0 radical (unpaired) electrons. The second kappa shape index (κ2) is 4.89. The third kappa shape index (κ3) is 1.91. The summed E-state index contributed by atoms with van der Waals surface area (Å²) in [6.07, 6.45) is 0. The quantitative estimate of drug-likeness (QED) is 0.818. The normalized spacial score (nSPS) is 10.1. The summed E-state index contributed by atoms with van der Waals surface area (Å²) in [5.74, 6) is -2.66. The highest BCUT2D eigenvalue weighted by atomic mass is 19.1. The SMILES string of the molecule is COc1cccc(C#N)c1-n1c(O)c(F)c(=O)[nH]c1=O. The third-order valence-electron chi connectivity index (χ3n) is 2.59. The molecule has 1 aromatic heterocycles. The maximum atomic E-state index is 13.5. The number of methoxy groups -OCH3 is 1. The van der Waals surface area contributed by atoms with Gasteiger partial charge in [0.15, 0.2) is 0 Å². The summed E-state index contributed by atoms with van der Waals surface area (Å²) < 4.78 is 18.9. The summed E-state index contributed by atoms with van der Waals surface area (Å²) in [6, 6.07) is 6.06. The van der Waals surface area contributed by atoms with Gasteiger partial charge in [-0.2, -0.15) is 9.65 Å². The Bertz CT molecular complexity index is 832. The average molecular weight is 277 g/mol. The van der Waals surface area contributed by atoms with Crippen LogP contribution in [0.2, 0.25) is 0 Å². The topological polar surface area (TPSA) is 108 Å². The maximum absolute atomic E-state index is 13.5. The van der Waals surface area contributed by atoms with Crippen LogP contribution in [0.25, 0.3) is 5.69 Å². The summed E-state index contributed by atoms with van der Waals surface area (Å²) in [6.45, 7) is 0. The maximum Gasteiger partial charge on any atom is 0.336 e. The lowest BCUT2D eigenvalue weighted by molar-refractivity contribution is 0.377. The molecule has 0 atom stereocenters. The predicted octanol–water partition coefficient (Wildman–Crippen LogP) is 0.251. The number of aromatic nitrogens is 2. The first-order valence-electron chi connectivity index (χ1n) is 5.32. The fraction of sp³-hybridized carbons (Fsp3) is 0.0833. The fourth-order valence-corrected chi connectivity index (χ4v) is 1.72. The van der Waals surface area contributed by atoms with Crippen molar-refractivity contribution in [1.29, 1.82) is 5.26 Å². The molecular weight excluding hydrogens is 269 g/mol. The molecule has 2 aromatic rings. The van der Waals surface area contributed by atoms with Gasteiger partial charge in [-0.05, 0) is 12.1 Å². The van der Waals surface area contributed by atoms with Gasteiger partial charge >= 0.3 is 5.69 Å². The van der Waals surface area contributed by atoms with Gasteiger partial charge in [0.2, 0.25) is 11.7 Å². The van der Waals surface area contributed by atoms with Crippen LogP contribution in [0.5, 0.6) is 11.6 Å². The monoisotopic (exact) mass is 277 g/mol. The Morgan fingerprint density at radius 2 is 2.15 bits per heavy atom. The van der Waals surface area contributed by atoms with E-state index < -0.39 is 22.9 Å². The number of aromatic hydroxyl groups is 1. The molecule has 0 aliphatic carbocycles. The van der Waals surface area contributed by atoms with Crippen molar-refractivity contribution in [3.05, 3.63) is 50.4 Å². The smallest absolute Gasteiger partial charge is 0.336 e. The number of aromatic amines is 1. The number of nitrogens with zero attached hydrogens (tertiary/aromatic N) is 2. The molecule has 0 spiro atoms. The Morgan fingerprint density at radius 3 is 2.75 bits per heavy atom. The molecule has 102 valence electrons. The summed E-state index contributed by atoms with van der Waals surface area (Å²) in [5, 5.41) is 18.7. The van der Waals surface area contributed by atoms with Gasteiger partial charge in [0, 0.05) is 0 Å². The van der Waals surface area contributed by atoms with Crippen molar-refractivity contribution in [2.75, 3.05) is 7.11 Å². The summed E-state index contributed by atoms with van der Waals surface area (Å²) in [4.78, 5) is 24.5. The standard InChI is InChI=1S/C12H8FN3O4/c1-20-7-4-2-3-6(5-14)9(7)16-11(18)8(13)10(17)15-12(16)19/h2-4,18H,1H3,(H,15,17,19). The minimum absolute atomic E-state index is 0.0341. The third-order valence-corrected chi connectivity index (χ3v) is 2.59. The van der Waals surface area contributed by atoms with Crippen LogP contribution in [0.3, 0.4) is 0 Å². The van der Waals surface area contributed by atoms with E-state index in [1.807, 2.05) is 0 Å². The van der Waals surface area contributed by atoms with Crippen LogP contribution in [0.4, 0.5) is 4.39 Å². The molecule has 0 bridgehead atoms. The highest BCUT2D eigenvalue weighted by Gasteiger charge is 2.20. The molecule has 20 heavy (non-hydrogen) atoms. The van der Waals surface area contributed by atoms with Crippen molar-refractivity contribution in [2.45, 2.75) is 0 Å². The van der Waals surface area contributed by atoms with Crippen LogP contribution >= 0.6 is 0 Å². The van der Waals surface area contributed by atoms with E-state index in [1.54, 1.807) is 11.1 Å². The van der Waals surface area contributed by atoms with Crippen molar-refractivity contribution in [1.82, 2.24) is 9.55 Å². The summed E-state index contributed by atoms with van der Waals surface area (Å²) in [7, 11) is 1.28. The molecule has 0 amide bonds. The van der Waals surface area contributed by atoms with Gasteiger partial charge in [0.1, 0.15) is 17.5 Å². The Kier molecular flexibility index (Phi) is 3.27. The number of para-hydroxylation sites is 1. The minimum atomic E-state index is -1.53. The minimum Gasteiger partial charge on any atom is -0.495 e. The highest BCUT2D eigenvalue weighted by Crippen LogP contribution is 2.28. The molecular formula is C12H8FN3O4. The van der Waals surface area contributed by atoms with E-state index in [4.69, 9.17) is 10.00 Å². The molecule has 0 unspecified atom stereocenters. The van der Waals surface area contributed by atoms with Gasteiger partial charge in [-0.15, -0.1) is 0 Å². The fourth-order valence-electron chi connectivity index (χ4n) is 1.72. The number of hydrogen-bond acceptors (Lipinski definition) is 5. The number of nitrogens with one attached hydrogen (secondary N) is 1.